The zero-order valence-electron chi connectivity index (χ0n) is 11.6. The van der Waals surface area contributed by atoms with Crippen molar-refractivity contribution in [3.05, 3.63) is 31.9 Å². The van der Waals surface area contributed by atoms with Gasteiger partial charge in [-0.15, -0.1) is 11.3 Å². The van der Waals surface area contributed by atoms with Crippen molar-refractivity contribution in [1.82, 2.24) is 15.0 Å². The van der Waals surface area contributed by atoms with Gasteiger partial charge in [0.15, 0.2) is 0 Å². The third-order valence-electron chi connectivity index (χ3n) is 2.67. The number of nitrogens with two attached hydrogens (primary N) is 1. The Labute approximate surface area is 124 Å². The molecule has 4 N–H and O–H groups in total. The van der Waals surface area contributed by atoms with Crippen LogP contribution >= 0.6 is 11.3 Å². The minimum Gasteiger partial charge on any atom is -0.364 e. The highest BCUT2D eigenvalue weighted by Gasteiger charge is 2.21. The Hall–Kier alpha value is -2.33. The molecule has 0 fully saturated rings. The molecule has 0 aliphatic rings. The van der Waals surface area contributed by atoms with Gasteiger partial charge in [0.1, 0.15) is 5.69 Å². The number of anilines is 2. The van der Waals surface area contributed by atoms with E-state index < -0.39 is 4.92 Å². The lowest BCUT2D eigenvalue weighted by Gasteiger charge is -2.08. The molecule has 0 unspecified atom stereocenters. The molecule has 0 amide bonds. The summed E-state index contributed by atoms with van der Waals surface area (Å²) in [6, 6.07) is 0. The molecule has 0 atom stereocenters. The molecule has 0 saturated heterocycles. The molecule has 0 saturated carbocycles. The van der Waals surface area contributed by atoms with Crippen LogP contribution in [0.5, 0.6) is 0 Å². The van der Waals surface area contributed by atoms with E-state index in [0.29, 0.717) is 13.0 Å². The molecule has 2 aromatic rings. The summed E-state index contributed by atoms with van der Waals surface area (Å²) in [7, 11) is 0. The highest BCUT2D eigenvalue weighted by atomic mass is 32.1. The Kier molecular flexibility index (Phi) is 4.60. The van der Waals surface area contributed by atoms with Gasteiger partial charge >= 0.3 is 5.69 Å². The third kappa shape index (κ3) is 3.61. The highest BCUT2D eigenvalue weighted by Crippen LogP contribution is 2.26. The van der Waals surface area contributed by atoms with E-state index in [1.54, 1.807) is 11.3 Å². The first-order valence-corrected chi connectivity index (χ1v) is 7.03. The molecule has 21 heavy (non-hydrogen) atoms. The highest BCUT2D eigenvalue weighted by molar-refractivity contribution is 7.09. The van der Waals surface area contributed by atoms with Gasteiger partial charge in [0.25, 0.3) is 0 Å². The van der Waals surface area contributed by atoms with E-state index in [4.69, 9.17) is 5.84 Å². The van der Waals surface area contributed by atoms with Crippen molar-refractivity contribution in [3.63, 3.8) is 0 Å². The first-order chi connectivity index (χ1) is 10.0. The number of nitrogens with zero attached hydrogens (tertiary/aromatic N) is 4. The Morgan fingerprint density at radius 2 is 2.14 bits per heavy atom. The lowest BCUT2D eigenvalue weighted by atomic mass is 10.3. The van der Waals surface area contributed by atoms with Gasteiger partial charge < -0.3 is 5.32 Å². The molecule has 2 heterocycles. The first kappa shape index (κ1) is 15.1. The summed E-state index contributed by atoms with van der Waals surface area (Å²) in [5.41, 5.74) is 3.35. The Balaban J connectivity index is 2.14. The maximum Gasteiger partial charge on any atom is 0.332 e. The second-order valence-electron chi connectivity index (χ2n) is 4.29. The molecule has 112 valence electrons. The number of hydrazine groups is 1. The maximum absolute atomic E-state index is 11.1. The van der Waals surface area contributed by atoms with Gasteiger partial charge in [0.05, 0.1) is 9.93 Å². The minimum atomic E-state index is -0.508. The predicted molar refractivity (Wildman–Crippen MR) is 80.3 cm³/mol. The molecule has 0 aliphatic heterocycles. The van der Waals surface area contributed by atoms with Crippen LogP contribution < -0.4 is 16.6 Å². The van der Waals surface area contributed by atoms with E-state index in [1.807, 2.05) is 12.3 Å². The molecule has 2 rings (SSSR count). The molecule has 2 aromatic heterocycles. The number of aryl methyl sites for hydroxylation is 2. The summed E-state index contributed by atoms with van der Waals surface area (Å²) in [6.07, 6.45) is 0.657. The van der Waals surface area contributed by atoms with Gasteiger partial charge in [-0.25, -0.2) is 15.8 Å². The monoisotopic (exact) mass is 309 g/mol. The molecular weight excluding hydrogens is 294 g/mol. The van der Waals surface area contributed by atoms with Crippen LogP contribution in [0.1, 0.15) is 16.4 Å². The van der Waals surface area contributed by atoms with Gasteiger partial charge in [0, 0.05) is 24.0 Å². The number of thiazole rings is 1. The van der Waals surface area contributed by atoms with Crippen molar-refractivity contribution in [2.24, 2.45) is 5.84 Å². The number of hydrogen-bond donors (Lipinski definition) is 3. The van der Waals surface area contributed by atoms with Crippen LogP contribution in [0.4, 0.5) is 17.5 Å². The fourth-order valence-corrected chi connectivity index (χ4v) is 2.55. The van der Waals surface area contributed by atoms with Crippen LogP contribution in [0.3, 0.4) is 0 Å². The third-order valence-corrected chi connectivity index (χ3v) is 3.69. The van der Waals surface area contributed by atoms with Crippen molar-refractivity contribution < 1.29 is 4.92 Å². The first-order valence-electron chi connectivity index (χ1n) is 6.15. The van der Waals surface area contributed by atoms with E-state index in [9.17, 15) is 10.1 Å². The van der Waals surface area contributed by atoms with Gasteiger partial charge in [-0.2, -0.15) is 4.98 Å². The molecule has 0 radical (unpaired) electrons. The van der Waals surface area contributed by atoms with Crippen molar-refractivity contribution in [3.8, 4) is 0 Å². The number of nitro groups is 1. The van der Waals surface area contributed by atoms with Crippen LogP contribution in [0.2, 0.25) is 0 Å². The van der Waals surface area contributed by atoms with Crippen molar-refractivity contribution in [1.29, 1.82) is 0 Å². The van der Waals surface area contributed by atoms with Crippen LogP contribution in [0.25, 0.3) is 0 Å². The molecule has 10 heteroatoms. The number of nitrogens with one attached hydrogen (secondary N) is 2. The summed E-state index contributed by atoms with van der Waals surface area (Å²) in [6.45, 7) is 3.94. The van der Waals surface area contributed by atoms with Gasteiger partial charge in [-0.1, -0.05) is 0 Å². The van der Waals surface area contributed by atoms with E-state index in [0.717, 1.165) is 10.7 Å². The van der Waals surface area contributed by atoms with E-state index in [2.05, 4.69) is 25.7 Å². The van der Waals surface area contributed by atoms with Crippen LogP contribution in [0.15, 0.2) is 5.38 Å². The fourth-order valence-electron chi connectivity index (χ4n) is 1.78. The van der Waals surface area contributed by atoms with E-state index >= 15 is 0 Å². The SMILES string of the molecule is Cc1csc(CCNc2nc(NN)nc(C)c2[N+](=O)[O-])n1. The quantitative estimate of drug-likeness (QED) is 0.414. The summed E-state index contributed by atoms with van der Waals surface area (Å²) in [5.74, 6) is 5.53. The maximum atomic E-state index is 11.1. The lowest BCUT2D eigenvalue weighted by Crippen LogP contribution is -2.15. The number of rotatable bonds is 6. The van der Waals surface area contributed by atoms with Crippen molar-refractivity contribution >= 4 is 28.8 Å². The predicted octanol–water partition coefficient (Wildman–Crippen LogP) is 1.40. The van der Waals surface area contributed by atoms with Crippen LogP contribution in [0, 0.1) is 24.0 Å². The molecule has 9 nitrogen and oxygen atoms in total. The summed E-state index contributed by atoms with van der Waals surface area (Å²) < 4.78 is 0. The average molecular weight is 309 g/mol. The zero-order valence-corrected chi connectivity index (χ0v) is 12.4. The van der Waals surface area contributed by atoms with Crippen molar-refractivity contribution in [2.45, 2.75) is 20.3 Å². The lowest BCUT2D eigenvalue weighted by molar-refractivity contribution is -0.385. The van der Waals surface area contributed by atoms with Gasteiger partial charge in [-0.05, 0) is 13.8 Å². The summed E-state index contributed by atoms with van der Waals surface area (Å²) in [5, 5.41) is 17.0. The number of aromatic nitrogens is 3. The normalized spacial score (nSPS) is 10.4. The van der Waals surface area contributed by atoms with E-state index in [1.165, 1.54) is 6.92 Å². The summed E-state index contributed by atoms with van der Waals surface area (Å²) in [4.78, 5) is 22.8. The second-order valence-corrected chi connectivity index (χ2v) is 5.23. The molecular formula is C11H15N7O2S. The topological polar surface area (TPSA) is 132 Å². The molecule has 0 bridgehead atoms. The van der Waals surface area contributed by atoms with Crippen LogP contribution in [-0.2, 0) is 6.42 Å². The Morgan fingerprint density at radius 3 is 2.71 bits per heavy atom. The zero-order chi connectivity index (χ0) is 15.4. The van der Waals surface area contributed by atoms with Gasteiger partial charge in [-0.3, -0.25) is 15.5 Å². The van der Waals surface area contributed by atoms with Gasteiger partial charge in [0.2, 0.25) is 11.8 Å². The van der Waals surface area contributed by atoms with Crippen molar-refractivity contribution in [2.75, 3.05) is 17.3 Å². The Bertz CT molecular complexity index is 658. The second kappa shape index (κ2) is 6.41. The number of hydrogen-bond acceptors (Lipinski definition) is 9. The standard InChI is InChI=1S/C11H15N7O2S/c1-6-5-21-8(14-6)3-4-13-10-9(18(19)20)7(2)15-11(16-10)17-12/h5H,3-4,12H2,1-2H3,(H2,13,15,16,17). The molecule has 0 aliphatic carbocycles. The summed E-state index contributed by atoms with van der Waals surface area (Å²) >= 11 is 1.56. The average Bonchev–Trinajstić information content (AvgIpc) is 2.83. The molecule has 0 aromatic carbocycles. The smallest absolute Gasteiger partial charge is 0.332 e. The molecule has 0 spiro atoms. The fraction of sp³-hybridized carbons (Fsp3) is 0.364. The van der Waals surface area contributed by atoms with Crippen LogP contribution in [-0.4, -0.2) is 26.4 Å². The number of nitrogen functional groups attached to an aromatic ring is 1. The van der Waals surface area contributed by atoms with E-state index in [-0.39, 0.29) is 23.1 Å². The largest absolute Gasteiger partial charge is 0.364 e. The Morgan fingerprint density at radius 1 is 1.38 bits per heavy atom. The minimum absolute atomic E-state index is 0.130.